The minimum atomic E-state index is -0.610. The summed E-state index contributed by atoms with van der Waals surface area (Å²) in [6, 6.07) is 10.9. The van der Waals surface area contributed by atoms with Gasteiger partial charge in [-0.05, 0) is 61.4 Å². The van der Waals surface area contributed by atoms with Crippen LogP contribution in [-0.4, -0.2) is 58.1 Å². The van der Waals surface area contributed by atoms with Crippen LogP contribution in [0.1, 0.15) is 38.3 Å². The van der Waals surface area contributed by atoms with Crippen molar-refractivity contribution in [2.75, 3.05) is 13.1 Å². The lowest BCUT2D eigenvalue weighted by Crippen LogP contribution is -2.65. The maximum atomic E-state index is 13.1. The molecule has 0 radical (unpaired) electrons. The monoisotopic (exact) mass is 521 g/mol. The zero-order chi connectivity index (χ0) is 26.6. The van der Waals surface area contributed by atoms with Crippen molar-refractivity contribution >= 4 is 11.9 Å². The van der Waals surface area contributed by atoms with Crippen molar-refractivity contribution in [1.29, 1.82) is 0 Å². The average molecular weight is 522 g/mol. The SMILES string of the molecule is C=CCN1CC[C@]23c4c5ccc(OC(=O)c6cccnc6)c4OC2C(OC(=O)c2cccnc2)C=C[C@H]3[C@H]1C5. The molecule has 4 aliphatic rings. The summed E-state index contributed by atoms with van der Waals surface area (Å²) in [5.74, 6) is 0.143. The predicted molar refractivity (Wildman–Crippen MR) is 142 cm³/mol. The molecule has 39 heavy (non-hydrogen) atoms. The number of hydrogen-bond acceptors (Lipinski definition) is 8. The van der Waals surface area contributed by atoms with E-state index in [2.05, 4.69) is 27.5 Å². The number of pyridine rings is 2. The van der Waals surface area contributed by atoms with E-state index in [4.69, 9.17) is 14.2 Å². The molecule has 8 heteroatoms. The summed E-state index contributed by atoms with van der Waals surface area (Å²) in [6.45, 7) is 5.64. The lowest BCUT2D eigenvalue weighted by molar-refractivity contribution is -0.0582. The lowest BCUT2D eigenvalue weighted by atomic mass is 9.53. The molecule has 3 aromatic rings. The van der Waals surface area contributed by atoms with Gasteiger partial charge < -0.3 is 14.2 Å². The molecule has 2 aliphatic heterocycles. The number of rotatable bonds is 6. The highest BCUT2D eigenvalue weighted by molar-refractivity contribution is 5.91. The van der Waals surface area contributed by atoms with Gasteiger partial charge in [0.2, 0.25) is 0 Å². The minimum absolute atomic E-state index is 0.155. The van der Waals surface area contributed by atoms with Crippen LogP contribution < -0.4 is 9.47 Å². The highest BCUT2D eigenvalue weighted by atomic mass is 16.6. The van der Waals surface area contributed by atoms with Gasteiger partial charge in [0.25, 0.3) is 0 Å². The number of nitrogens with zero attached hydrogens (tertiary/aromatic N) is 3. The van der Waals surface area contributed by atoms with Crippen molar-refractivity contribution in [1.82, 2.24) is 14.9 Å². The van der Waals surface area contributed by atoms with Crippen molar-refractivity contribution in [3.8, 4) is 11.5 Å². The first-order valence-corrected chi connectivity index (χ1v) is 13.2. The van der Waals surface area contributed by atoms with E-state index in [1.165, 1.54) is 18.0 Å². The molecule has 0 N–H and O–H groups in total. The molecule has 7 rings (SSSR count). The van der Waals surface area contributed by atoms with E-state index in [1.54, 1.807) is 36.7 Å². The number of hydrogen-bond donors (Lipinski definition) is 0. The molecule has 1 saturated heterocycles. The van der Waals surface area contributed by atoms with Crippen molar-refractivity contribution in [2.45, 2.75) is 36.5 Å². The number of benzene rings is 1. The molecular formula is C31H27N3O5. The fraction of sp³-hybridized carbons (Fsp3) is 0.290. The van der Waals surface area contributed by atoms with Gasteiger partial charge in [0.15, 0.2) is 17.6 Å². The molecule has 1 fully saturated rings. The van der Waals surface area contributed by atoms with E-state index < -0.39 is 29.6 Å². The summed E-state index contributed by atoms with van der Waals surface area (Å²) in [5.41, 5.74) is 2.59. The molecule has 196 valence electrons. The highest BCUT2D eigenvalue weighted by Crippen LogP contribution is 2.63. The molecule has 0 saturated carbocycles. The van der Waals surface area contributed by atoms with E-state index in [9.17, 15) is 9.59 Å². The molecule has 4 heterocycles. The second kappa shape index (κ2) is 9.17. The third-order valence-electron chi connectivity index (χ3n) is 8.56. The lowest BCUT2D eigenvalue weighted by Gasteiger charge is -2.57. The number of carbonyl (C=O) groups is 2. The van der Waals surface area contributed by atoms with Crippen LogP contribution in [0.4, 0.5) is 0 Å². The molecule has 2 unspecified atom stereocenters. The van der Waals surface area contributed by atoms with Gasteiger partial charge in [-0.25, -0.2) is 9.59 Å². The van der Waals surface area contributed by atoms with Crippen LogP contribution >= 0.6 is 0 Å². The van der Waals surface area contributed by atoms with Crippen LogP contribution in [-0.2, 0) is 16.6 Å². The number of esters is 2. The molecule has 1 aromatic carbocycles. The Morgan fingerprint density at radius 3 is 2.56 bits per heavy atom. The van der Waals surface area contributed by atoms with E-state index in [0.717, 1.165) is 31.5 Å². The summed E-state index contributed by atoms with van der Waals surface area (Å²) in [4.78, 5) is 36.6. The van der Waals surface area contributed by atoms with Crippen molar-refractivity contribution in [2.24, 2.45) is 5.92 Å². The van der Waals surface area contributed by atoms with Gasteiger partial charge in [-0.15, -0.1) is 6.58 Å². The van der Waals surface area contributed by atoms with Crippen molar-refractivity contribution in [3.63, 3.8) is 0 Å². The van der Waals surface area contributed by atoms with Crippen LogP contribution in [0.25, 0.3) is 0 Å². The molecule has 8 nitrogen and oxygen atoms in total. The average Bonchev–Trinajstić information content (AvgIpc) is 3.32. The number of carbonyl (C=O) groups excluding carboxylic acids is 2. The normalized spacial score (nSPS) is 27.7. The molecule has 0 amide bonds. The van der Waals surface area contributed by atoms with Crippen LogP contribution in [0.5, 0.6) is 11.5 Å². The van der Waals surface area contributed by atoms with E-state index in [1.807, 2.05) is 24.3 Å². The van der Waals surface area contributed by atoms with Gasteiger partial charge in [0, 0.05) is 54.3 Å². The third kappa shape index (κ3) is 3.62. The maximum absolute atomic E-state index is 13.1. The van der Waals surface area contributed by atoms with Gasteiger partial charge in [-0.3, -0.25) is 14.9 Å². The Hall–Kier alpha value is -4.30. The second-order valence-corrected chi connectivity index (χ2v) is 10.5. The first-order chi connectivity index (χ1) is 19.1. The van der Waals surface area contributed by atoms with Crippen LogP contribution in [0.2, 0.25) is 0 Å². The first-order valence-electron chi connectivity index (χ1n) is 13.2. The third-order valence-corrected chi connectivity index (χ3v) is 8.56. The second-order valence-electron chi connectivity index (χ2n) is 10.5. The molecule has 5 atom stereocenters. The summed E-state index contributed by atoms with van der Waals surface area (Å²) in [5, 5.41) is 0. The first kappa shape index (κ1) is 23.8. The number of piperidine rings is 1. The fourth-order valence-corrected chi connectivity index (χ4v) is 6.99. The van der Waals surface area contributed by atoms with E-state index >= 15 is 0 Å². The highest BCUT2D eigenvalue weighted by Gasteiger charge is 2.65. The Kier molecular flexibility index (Phi) is 5.59. The zero-order valence-electron chi connectivity index (χ0n) is 21.2. The predicted octanol–water partition coefficient (Wildman–Crippen LogP) is 3.92. The van der Waals surface area contributed by atoms with E-state index in [0.29, 0.717) is 22.6 Å². The van der Waals surface area contributed by atoms with Crippen molar-refractivity contribution in [3.05, 3.63) is 108 Å². The summed E-state index contributed by atoms with van der Waals surface area (Å²) >= 11 is 0. The Morgan fingerprint density at radius 1 is 1.08 bits per heavy atom. The Balaban J connectivity index is 1.30. The fourth-order valence-electron chi connectivity index (χ4n) is 6.99. The molecule has 1 spiro atoms. The Bertz CT molecular complexity index is 1490. The van der Waals surface area contributed by atoms with Gasteiger partial charge in [0.05, 0.1) is 11.1 Å². The zero-order valence-corrected chi connectivity index (χ0v) is 21.2. The molecule has 2 aliphatic carbocycles. The Labute approximate surface area is 225 Å². The van der Waals surface area contributed by atoms with Crippen molar-refractivity contribution < 1.29 is 23.8 Å². The van der Waals surface area contributed by atoms with Crippen LogP contribution in [0.15, 0.2) is 86.0 Å². The van der Waals surface area contributed by atoms with Crippen LogP contribution in [0, 0.1) is 5.92 Å². The van der Waals surface area contributed by atoms with Gasteiger partial charge >= 0.3 is 11.9 Å². The molecule has 2 aromatic heterocycles. The van der Waals surface area contributed by atoms with Gasteiger partial charge in [0.1, 0.15) is 6.10 Å². The number of ether oxygens (including phenoxy) is 3. The van der Waals surface area contributed by atoms with Crippen LogP contribution in [0.3, 0.4) is 0 Å². The quantitative estimate of drug-likeness (QED) is 0.274. The summed E-state index contributed by atoms with van der Waals surface area (Å²) < 4.78 is 18.6. The number of likely N-dealkylation sites (tertiary alicyclic amines) is 1. The maximum Gasteiger partial charge on any atom is 0.345 e. The minimum Gasteiger partial charge on any atom is -0.481 e. The summed E-state index contributed by atoms with van der Waals surface area (Å²) in [6.07, 6.45) is 12.9. The van der Waals surface area contributed by atoms with Gasteiger partial charge in [-0.2, -0.15) is 0 Å². The smallest absolute Gasteiger partial charge is 0.345 e. The standard InChI is InChI=1S/C31H27N3O5/c1-2-14-34-15-11-31-22-8-10-25(38-30(36)21-6-4-13-33-18-21)28(31)39-27-24(9-7-19(26(27)31)16-23(22)34)37-29(35)20-5-3-12-32-17-20/h2-10,12-13,17-18,22-23,25,28H,1,11,14-16H2/t22-,23+,25?,28?,31-/m0/s1. The number of aromatic nitrogens is 2. The topological polar surface area (TPSA) is 90.9 Å². The largest absolute Gasteiger partial charge is 0.481 e. The molecular weight excluding hydrogens is 494 g/mol. The summed E-state index contributed by atoms with van der Waals surface area (Å²) in [7, 11) is 0. The Morgan fingerprint density at radius 2 is 1.85 bits per heavy atom. The van der Waals surface area contributed by atoms with Gasteiger partial charge in [-0.1, -0.05) is 18.2 Å². The molecule has 2 bridgehead atoms. The van der Waals surface area contributed by atoms with E-state index in [-0.39, 0.29) is 12.0 Å².